The Morgan fingerprint density at radius 1 is 1.12 bits per heavy atom. The number of fused-ring (bicyclic) bond motifs is 1. The third kappa shape index (κ3) is 1.27. The molecule has 1 heterocycles. The van der Waals surface area contributed by atoms with Crippen LogP contribution in [0.15, 0.2) is 24.3 Å². The van der Waals surface area contributed by atoms with Gasteiger partial charge < -0.3 is 4.90 Å². The molecule has 1 aromatic carbocycles. The minimum Gasteiger partial charge on any atom is -0.303 e. The summed E-state index contributed by atoms with van der Waals surface area (Å²) >= 11 is 0. The zero-order valence-electron chi connectivity index (χ0n) is 10.5. The molecule has 2 aliphatic rings. The summed E-state index contributed by atoms with van der Waals surface area (Å²) in [5.74, 6) is 0.810. The number of benzene rings is 1. The van der Waals surface area contributed by atoms with Gasteiger partial charge in [0.2, 0.25) is 0 Å². The molecule has 86 valence electrons. The predicted octanol–water partition coefficient (Wildman–Crippen LogP) is 2.74. The van der Waals surface area contributed by atoms with Crippen molar-refractivity contribution in [2.24, 2.45) is 11.3 Å². The van der Waals surface area contributed by atoms with Gasteiger partial charge >= 0.3 is 0 Å². The Hall–Kier alpha value is -0.820. The van der Waals surface area contributed by atoms with E-state index in [1.54, 1.807) is 11.1 Å². The zero-order chi connectivity index (χ0) is 11.3. The molecule has 0 aromatic heterocycles. The van der Waals surface area contributed by atoms with Crippen LogP contribution in [0.4, 0.5) is 0 Å². The monoisotopic (exact) mass is 215 g/mol. The van der Waals surface area contributed by atoms with Gasteiger partial charge in [-0.05, 0) is 49.3 Å². The van der Waals surface area contributed by atoms with E-state index in [0.717, 1.165) is 12.0 Å². The Kier molecular flexibility index (Phi) is 2.16. The lowest BCUT2D eigenvalue weighted by molar-refractivity contribution is 0.240. The highest BCUT2D eigenvalue weighted by atomic mass is 15.2. The van der Waals surface area contributed by atoms with Crippen LogP contribution in [0.2, 0.25) is 0 Å². The topological polar surface area (TPSA) is 3.24 Å². The van der Waals surface area contributed by atoms with Crippen molar-refractivity contribution in [3.8, 4) is 0 Å². The van der Waals surface area contributed by atoms with Crippen LogP contribution < -0.4 is 0 Å². The van der Waals surface area contributed by atoms with Crippen LogP contribution >= 0.6 is 0 Å². The van der Waals surface area contributed by atoms with Gasteiger partial charge in [-0.1, -0.05) is 31.2 Å². The Morgan fingerprint density at radius 2 is 1.69 bits per heavy atom. The fourth-order valence-electron chi connectivity index (χ4n) is 3.84. The predicted molar refractivity (Wildman–Crippen MR) is 67.5 cm³/mol. The molecule has 1 aromatic rings. The molecular weight excluding hydrogens is 194 g/mol. The van der Waals surface area contributed by atoms with E-state index in [0.29, 0.717) is 5.41 Å². The third-order valence-corrected chi connectivity index (χ3v) is 5.15. The molecule has 1 aliphatic heterocycles. The summed E-state index contributed by atoms with van der Waals surface area (Å²) in [6.45, 7) is 6.09. The van der Waals surface area contributed by atoms with Gasteiger partial charge in [0.1, 0.15) is 0 Å². The number of nitrogens with zero attached hydrogens (tertiary/aromatic N) is 1. The van der Waals surface area contributed by atoms with Gasteiger partial charge in [-0.15, -0.1) is 0 Å². The van der Waals surface area contributed by atoms with Crippen molar-refractivity contribution in [1.82, 2.24) is 4.90 Å². The lowest BCUT2D eigenvalue weighted by Crippen LogP contribution is -2.30. The average Bonchev–Trinajstić information content (AvgIpc) is 2.73. The molecule has 1 aliphatic carbocycles. The SMILES string of the molecule is CC1C(C)C2(Cc3ccccc3C2)CN1C. The first-order chi connectivity index (χ1) is 7.62. The minimum absolute atomic E-state index is 0.526. The highest BCUT2D eigenvalue weighted by molar-refractivity contribution is 5.35. The van der Waals surface area contributed by atoms with Gasteiger partial charge in [-0.2, -0.15) is 0 Å². The molecule has 1 spiro atoms. The molecule has 0 saturated carbocycles. The van der Waals surface area contributed by atoms with Crippen LogP contribution in [-0.4, -0.2) is 24.5 Å². The Bertz CT molecular complexity index is 385. The van der Waals surface area contributed by atoms with Crippen LogP contribution in [0.5, 0.6) is 0 Å². The average molecular weight is 215 g/mol. The van der Waals surface area contributed by atoms with Crippen molar-refractivity contribution in [3.63, 3.8) is 0 Å². The van der Waals surface area contributed by atoms with E-state index in [-0.39, 0.29) is 0 Å². The number of hydrogen-bond donors (Lipinski definition) is 0. The molecule has 0 amide bonds. The standard InChI is InChI=1S/C15H21N/c1-11-12(2)16(3)10-15(11)8-13-6-4-5-7-14(13)9-15/h4-7,11-12H,8-10H2,1-3H3. The summed E-state index contributed by atoms with van der Waals surface area (Å²) in [5, 5.41) is 0. The van der Waals surface area contributed by atoms with Gasteiger partial charge in [0, 0.05) is 12.6 Å². The van der Waals surface area contributed by atoms with Gasteiger partial charge in [0.05, 0.1) is 0 Å². The van der Waals surface area contributed by atoms with Crippen LogP contribution in [-0.2, 0) is 12.8 Å². The van der Waals surface area contributed by atoms with Crippen molar-refractivity contribution in [2.45, 2.75) is 32.7 Å². The second-order valence-corrected chi connectivity index (χ2v) is 5.93. The van der Waals surface area contributed by atoms with E-state index in [9.17, 15) is 0 Å². The van der Waals surface area contributed by atoms with Gasteiger partial charge in [-0.25, -0.2) is 0 Å². The number of hydrogen-bond acceptors (Lipinski definition) is 1. The lowest BCUT2D eigenvalue weighted by Gasteiger charge is -2.28. The summed E-state index contributed by atoms with van der Waals surface area (Å²) in [6, 6.07) is 9.74. The van der Waals surface area contributed by atoms with Crippen molar-refractivity contribution < 1.29 is 0 Å². The van der Waals surface area contributed by atoms with Gasteiger partial charge in [0.15, 0.2) is 0 Å². The number of rotatable bonds is 0. The molecule has 1 heteroatoms. The quantitative estimate of drug-likeness (QED) is 0.643. The van der Waals surface area contributed by atoms with E-state index < -0.39 is 0 Å². The van der Waals surface area contributed by atoms with E-state index in [1.807, 2.05) is 0 Å². The first-order valence-electron chi connectivity index (χ1n) is 6.39. The van der Waals surface area contributed by atoms with Crippen molar-refractivity contribution >= 4 is 0 Å². The van der Waals surface area contributed by atoms with Crippen LogP contribution in [0, 0.1) is 11.3 Å². The largest absolute Gasteiger partial charge is 0.303 e. The molecule has 2 atom stereocenters. The maximum atomic E-state index is 2.54. The van der Waals surface area contributed by atoms with Crippen LogP contribution in [0.1, 0.15) is 25.0 Å². The summed E-state index contributed by atoms with van der Waals surface area (Å²) in [6.07, 6.45) is 2.58. The van der Waals surface area contributed by atoms with Crippen molar-refractivity contribution in [1.29, 1.82) is 0 Å². The third-order valence-electron chi connectivity index (χ3n) is 5.15. The summed E-state index contributed by atoms with van der Waals surface area (Å²) < 4.78 is 0. The van der Waals surface area contributed by atoms with Crippen LogP contribution in [0.25, 0.3) is 0 Å². The van der Waals surface area contributed by atoms with Gasteiger partial charge in [0.25, 0.3) is 0 Å². The van der Waals surface area contributed by atoms with E-state index in [4.69, 9.17) is 0 Å². The second-order valence-electron chi connectivity index (χ2n) is 5.93. The molecule has 0 N–H and O–H groups in total. The molecule has 0 bridgehead atoms. The van der Waals surface area contributed by atoms with Gasteiger partial charge in [-0.3, -0.25) is 0 Å². The highest BCUT2D eigenvalue weighted by Gasteiger charge is 2.49. The second kappa shape index (κ2) is 3.33. The Labute approximate surface area is 98.5 Å². The molecule has 2 unspecified atom stereocenters. The molecular formula is C15H21N. The molecule has 0 radical (unpaired) electrons. The maximum Gasteiger partial charge on any atom is 0.00957 e. The minimum atomic E-state index is 0.526. The molecule has 3 rings (SSSR count). The molecule has 1 nitrogen and oxygen atoms in total. The van der Waals surface area contributed by atoms with Crippen LogP contribution in [0.3, 0.4) is 0 Å². The molecule has 1 fully saturated rings. The maximum absolute atomic E-state index is 2.54. The first-order valence-corrected chi connectivity index (χ1v) is 6.39. The summed E-state index contributed by atoms with van der Waals surface area (Å²) in [5.41, 5.74) is 3.71. The highest BCUT2D eigenvalue weighted by Crippen LogP contribution is 2.49. The van der Waals surface area contributed by atoms with E-state index in [2.05, 4.69) is 50.1 Å². The Morgan fingerprint density at radius 3 is 2.12 bits per heavy atom. The number of likely N-dealkylation sites (tertiary alicyclic amines) is 1. The normalized spacial score (nSPS) is 32.2. The van der Waals surface area contributed by atoms with Crippen molar-refractivity contribution in [2.75, 3.05) is 13.6 Å². The van der Waals surface area contributed by atoms with E-state index in [1.165, 1.54) is 19.4 Å². The van der Waals surface area contributed by atoms with E-state index >= 15 is 0 Å². The fraction of sp³-hybridized carbons (Fsp3) is 0.600. The first kappa shape index (κ1) is 10.3. The summed E-state index contributed by atoms with van der Waals surface area (Å²) in [4.78, 5) is 2.54. The van der Waals surface area contributed by atoms with Crippen molar-refractivity contribution in [3.05, 3.63) is 35.4 Å². The Balaban J connectivity index is 1.95. The zero-order valence-corrected chi connectivity index (χ0v) is 10.5. The molecule has 16 heavy (non-hydrogen) atoms. The summed E-state index contributed by atoms with van der Waals surface area (Å²) in [7, 11) is 2.28. The smallest absolute Gasteiger partial charge is 0.00957 e. The fourth-order valence-corrected chi connectivity index (χ4v) is 3.84. The molecule has 1 saturated heterocycles. The lowest BCUT2D eigenvalue weighted by atomic mass is 9.74.